The SMILES string of the molecule is CCOC(=O)C1=CCC(Nc2ccccc2)c2c(C(=O)OCC)ccc(-c3ccccc3)c21. The van der Waals surface area contributed by atoms with Crippen LogP contribution in [0.1, 0.15) is 47.8 Å². The summed E-state index contributed by atoms with van der Waals surface area (Å²) in [5, 5.41) is 3.54. The zero-order valence-electron chi connectivity index (χ0n) is 18.8. The minimum atomic E-state index is -0.404. The molecule has 0 bridgehead atoms. The van der Waals surface area contributed by atoms with Crippen molar-refractivity contribution in [1.82, 2.24) is 0 Å². The molecule has 4 rings (SSSR count). The van der Waals surface area contributed by atoms with Crippen molar-refractivity contribution in [2.45, 2.75) is 26.3 Å². The molecule has 0 fully saturated rings. The first-order valence-corrected chi connectivity index (χ1v) is 11.2. The molecule has 33 heavy (non-hydrogen) atoms. The van der Waals surface area contributed by atoms with Crippen LogP contribution in [0.5, 0.6) is 0 Å². The number of carbonyl (C=O) groups excluding carboxylic acids is 2. The maximum atomic E-state index is 13.0. The van der Waals surface area contributed by atoms with Gasteiger partial charge in [0.15, 0.2) is 0 Å². The summed E-state index contributed by atoms with van der Waals surface area (Å²) in [5.74, 6) is -0.798. The Morgan fingerprint density at radius 1 is 0.848 bits per heavy atom. The Kier molecular flexibility index (Phi) is 6.89. The number of rotatable bonds is 7. The predicted octanol–water partition coefficient (Wildman–Crippen LogP) is 6.03. The van der Waals surface area contributed by atoms with Crippen LogP contribution in [0.4, 0.5) is 5.69 Å². The zero-order valence-corrected chi connectivity index (χ0v) is 18.8. The van der Waals surface area contributed by atoms with Crippen LogP contribution in [0.15, 0.2) is 78.9 Å². The van der Waals surface area contributed by atoms with Gasteiger partial charge in [0.1, 0.15) is 0 Å². The van der Waals surface area contributed by atoms with Gasteiger partial charge in [-0.2, -0.15) is 0 Å². The van der Waals surface area contributed by atoms with Gasteiger partial charge in [-0.15, -0.1) is 0 Å². The largest absolute Gasteiger partial charge is 0.462 e. The van der Waals surface area contributed by atoms with Crippen LogP contribution in [0.25, 0.3) is 16.7 Å². The second kappa shape index (κ2) is 10.2. The fraction of sp³-hybridized carbons (Fsp3) is 0.214. The maximum absolute atomic E-state index is 13.0. The summed E-state index contributed by atoms with van der Waals surface area (Å²) >= 11 is 0. The standard InChI is InChI=1S/C28H27NO4/c1-3-32-27(30)22-17-18-24(29-20-13-9-6-10-14-20)26-23(28(31)33-4-2)16-15-21(25(22)26)19-11-7-5-8-12-19/h5-17,24,29H,3-4,18H2,1-2H3. The van der Waals surface area contributed by atoms with Gasteiger partial charge in [0, 0.05) is 11.3 Å². The molecule has 0 amide bonds. The van der Waals surface area contributed by atoms with Crippen molar-refractivity contribution in [3.63, 3.8) is 0 Å². The molecule has 1 aliphatic carbocycles. The molecule has 0 aromatic heterocycles. The topological polar surface area (TPSA) is 64.6 Å². The normalized spacial score (nSPS) is 14.6. The van der Waals surface area contributed by atoms with Crippen molar-refractivity contribution in [3.05, 3.63) is 95.6 Å². The number of benzene rings is 3. The van der Waals surface area contributed by atoms with E-state index in [1.165, 1.54) is 0 Å². The van der Waals surface area contributed by atoms with E-state index in [-0.39, 0.29) is 19.3 Å². The molecule has 1 atom stereocenters. The number of para-hydroxylation sites is 1. The highest BCUT2D eigenvalue weighted by Gasteiger charge is 2.33. The molecule has 1 aliphatic rings. The van der Waals surface area contributed by atoms with Crippen molar-refractivity contribution in [3.8, 4) is 11.1 Å². The molecule has 5 nitrogen and oxygen atoms in total. The lowest BCUT2D eigenvalue weighted by Gasteiger charge is -2.30. The summed E-state index contributed by atoms with van der Waals surface area (Å²) in [6.45, 7) is 4.11. The number of fused-ring (bicyclic) bond motifs is 1. The van der Waals surface area contributed by atoms with E-state index in [1.807, 2.05) is 72.8 Å². The molecule has 3 aromatic rings. The Hall–Kier alpha value is -3.86. The van der Waals surface area contributed by atoms with E-state index >= 15 is 0 Å². The Balaban J connectivity index is 1.95. The van der Waals surface area contributed by atoms with E-state index in [9.17, 15) is 9.59 Å². The first-order chi connectivity index (χ1) is 16.1. The highest BCUT2D eigenvalue weighted by Crippen LogP contribution is 2.43. The maximum Gasteiger partial charge on any atom is 0.338 e. The molecule has 3 aromatic carbocycles. The minimum Gasteiger partial charge on any atom is -0.462 e. The van der Waals surface area contributed by atoms with Gasteiger partial charge >= 0.3 is 11.9 Å². The van der Waals surface area contributed by atoms with Crippen LogP contribution in [-0.4, -0.2) is 25.2 Å². The van der Waals surface area contributed by atoms with Gasteiger partial charge in [-0.3, -0.25) is 0 Å². The van der Waals surface area contributed by atoms with E-state index in [4.69, 9.17) is 9.47 Å². The fourth-order valence-electron chi connectivity index (χ4n) is 4.23. The number of nitrogens with one attached hydrogen (secondary N) is 1. The lowest BCUT2D eigenvalue weighted by molar-refractivity contribution is -0.136. The van der Waals surface area contributed by atoms with Gasteiger partial charge in [0.25, 0.3) is 0 Å². The zero-order chi connectivity index (χ0) is 23.2. The Bertz CT molecular complexity index is 1170. The van der Waals surface area contributed by atoms with Gasteiger partial charge in [-0.1, -0.05) is 60.7 Å². The predicted molar refractivity (Wildman–Crippen MR) is 130 cm³/mol. The van der Waals surface area contributed by atoms with E-state index in [0.717, 1.165) is 22.4 Å². The van der Waals surface area contributed by atoms with Crippen LogP contribution in [-0.2, 0) is 14.3 Å². The first-order valence-electron chi connectivity index (χ1n) is 11.2. The van der Waals surface area contributed by atoms with Crippen molar-refractivity contribution >= 4 is 23.2 Å². The van der Waals surface area contributed by atoms with E-state index in [2.05, 4.69) is 5.32 Å². The van der Waals surface area contributed by atoms with E-state index < -0.39 is 11.9 Å². The van der Waals surface area contributed by atoms with Gasteiger partial charge < -0.3 is 14.8 Å². The highest BCUT2D eigenvalue weighted by molar-refractivity contribution is 6.20. The molecule has 0 radical (unpaired) electrons. The van der Waals surface area contributed by atoms with E-state index in [1.54, 1.807) is 19.9 Å². The van der Waals surface area contributed by atoms with Crippen molar-refractivity contribution in [1.29, 1.82) is 0 Å². The molecule has 0 saturated carbocycles. The van der Waals surface area contributed by atoms with Crippen LogP contribution in [0.2, 0.25) is 0 Å². The molecule has 1 unspecified atom stereocenters. The first kappa shape index (κ1) is 22.3. The Labute approximate surface area is 194 Å². The second-order valence-electron chi connectivity index (χ2n) is 7.67. The summed E-state index contributed by atoms with van der Waals surface area (Å²) in [4.78, 5) is 26.0. The molecule has 5 heteroatoms. The van der Waals surface area contributed by atoms with Crippen LogP contribution in [0, 0.1) is 0 Å². The van der Waals surface area contributed by atoms with Gasteiger partial charge in [-0.05, 0) is 55.2 Å². The quantitative estimate of drug-likeness (QED) is 0.453. The second-order valence-corrected chi connectivity index (χ2v) is 7.67. The summed E-state index contributed by atoms with van der Waals surface area (Å²) in [7, 11) is 0. The van der Waals surface area contributed by atoms with Crippen LogP contribution < -0.4 is 5.32 Å². The molecule has 1 N–H and O–H groups in total. The third-order valence-electron chi connectivity index (χ3n) is 5.61. The molecule has 0 saturated heterocycles. The van der Waals surface area contributed by atoms with Crippen molar-refractivity contribution in [2.24, 2.45) is 0 Å². The molecular formula is C28H27NO4. The lowest BCUT2D eigenvalue weighted by Crippen LogP contribution is -2.23. The number of hydrogen-bond donors (Lipinski definition) is 1. The molecule has 168 valence electrons. The average molecular weight is 442 g/mol. The summed E-state index contributed by atoms with van der Waals surface area (Å²) < 4.78 is 10.8. The molecule has 0 spiro atoms. The van der Waals surface area contributed by atoms with Gasteiger partial charge in [0.2, 0.25) is 0 Å². The van der Waals surface area contributed by atoms with Crippen LogP contribution >= 0.6 is 0 Å². The van der Waals surface area contributed by atoms with Gasteiger partial charge in [0.05, 0.1) is 30.4 Å². The third-order valence-corrected chi connectivity index (χ3v) is 5.61. The number of anilines is 1. The van der Waals surface area contributed by atoms with Gasteiger partial charge in [-0.25, -0.2) is 9.59 Å². The summed E-state index contributed by atoms with van der Waals surface area (Å²) in [6, 6.07) is 23.2. The van der Waals surface area contributed by atoms with E-state index in [0.29, 0.717) is 23.1 Å². The molecule has 0 heterocycles. The number of hydrogen-bond acceptors (Lipinski definition) is 5. The lowest BCUT2D eigenvalue weighted by atomic mass is 9.79. The monoisotopic (exact) mass is 441 g/mol. The number of ether oxygens (including phenoxy) is 2. The number of carbonyl (C=O) groups is 2. The third kappa shape index (κ3) is 4.67. The fourth-order valence-corrected chi connectivity index (χ4v) is 4.23. The number of esters is 2. The molecular weight excluding hydrogens is 414 g/mol. The summed E-state index contributed by atoms with van der Waals surface area (Å²) in [5.41, 5.74) is 5.16. The molecule has 0 aliphatic heterocycles. The van der Waals surface area contributed by atoms with Crippen LogP contribution in [0.3, 0.4) is 0 Å². The average Bonchev–Trinajstić information content (AvgIpc) is 2.85. The summed E-state index contributed by atoms with van der Waals surface area (Å²) in [6.07, 6.45) is 2.43. The highest BCUT2D eigenvalue weighted by atomic mass is 16.5. The smallest absolute Gasteiger partial charge is 0.338 e. The minimum absolute atomic E-state index is 0.219. The van der Waals surface area contributed by atoms with Crippen molar-refractivity contribution < 1.29 is 19.1 Å². The Morgan fingerprint density at radius 3 is 2.15 bits per heavy atom. The Morgan fingerprint density at radius 2 is 1.48 bits per heavy atom. The van der Waals surface area contributed by atoms with Crippen molar-refractivity contribution in [2.75, 3.05) is 18.5 Å².